The lowest BCUT2D eigenvalue weighted by atomic mass is 9.79. The summed E-state index contributed by atoms with van der Waals surface area (Å²) in [6.45, 7) is 4.65. The molecule has 5 heteroatoms. The Bertz CT molecular complexity index is 499. The molecule has 0 bridgehead atoms. The molecular weight excluding hydrogens is 296 g/mol. The van der Waals surface area contributed by atoms with Gasteiger partial charge in [0.05, 0.1) is 32.3 Å². The second-order valence-corrected chi connectivity index (χ2v) is 6.45. The Balaban J connectivity index is 2.05. The van der Waals surface area contributed by atoms with Gasteiger partial charge < -0.3 is 18.9 Å². The molecule has 1 saturated heterocycles. The summed E-state index contributed by atoms with van der Waals surface area (Å²) in [7, 11) is 2.99. The van der Waals surface area contributed by atoms with E-state index in [4.69, 9.17) is 18.9 Å². The minimum absolute atomic E-state index is 0.0731. The fourth-order valence-corrected chi connectivity index (χ4v) is 2.91. The number of benzene rings is 1. The predicted octanol–water partition coefficient (Wildman–Crippen LogP) is 2.92. The molecular formula is C18H26O5. The molecule has 0 aromatic heterocycles. The van der Waals surface area contributed by atoms with Crippen LogP contribution >= 0.6 is 0 Å². The lowest BCUT2D eigenvalue weighted by molar-refractivity contribution is -0.278. The molecule has 0 radical (unpaired) electrons. The first-order valence-corrected chi connectivity index (χ1v) is 7.88. The molecule has 0 N–H and O–H groups in total. The predicted molar refractivity (Wildman–Crippen MR) is 85.7 cm³/mol. The van der Waals surface area contributed by atoms with Crippen LogP contribution in [0, 0.1) is 5.41 Å². The van der Waals surface area contributed by atoms with E-state index in [-0.39, 0.29) is 30.0 Å². The summed E-state index contributed by atoms with van der Waals surface area (Å²) in [6, 6.07) is 10.0. The summed E-state index contributed by atoms with van der Waals surface area (Å²) < 4.78 is 22.3. The third kappa shape index (κ3) is 4.53. The molecule has 3 atom stereocenters. The van der Waals surface area contributed by atoms with Crippen LogP contribution in [0.4, 0.5) is 0 Å². The highest BCUT2D eigenvalue weighted by Gasteiger charge is 2.46. The monoisotopic (exact) mass is 322 g/mol. The lowest BCUT2D eigenvalue weighted by Gasteiger charge is -2.46. The molecule has 5 nitrogen and oxygen atoms in total. The summed E-state index contributed by atoms with van der Waals surface area (Å²) >= 11 is 0. The van der Waals surface area contributed by atoms with Crippen molar-refractivity contribution in [2.75, 3.05) is 14.2 Å². The maximum atomic E-state index is 11.5. The highest BCUT2D eigenvalue weighted by molar-refractivity contribution is 5.69. The zero-order valence-corrected chi connectivity index (χ0v) is 14.3. The van der Waals surface area contributed by atoms with E-state index in [0.29, 0.717) is 13.0 Å². The second-order valence-electron chi connectivity index (χ2n) is 6.45. The van der Waals surface area contributed by atoms with Crippen molar-refractivity contribution in [3.05, 3.63) is 35.9 Å². The van der Waals surface area contributed by atoms with Gasteiger partial charge in [-0.05, 0) is 5.56 Å². The molecule has 0 saturated carbocycles. The maximum Gasteiger partial charge on any atom is 0.308 e. The Kier molecular flexibility index (Phi) is 6.16. The van der Waals surface area contributed by atoms with Crippen LogP contribution in [0.25, 0.3) is 0 Å². The van der Waals surface area contributed by atoms with Crippen LogP contribution < -0.4 is 0 Å². The topological polar surface area (TPSA) is 54.0 Å². The Labute approximate surface area is 137 Å². The molecule has 1 aromatic rings. The van der Waals surface area contributed by atoms with Gasteiger partial charge in [-0.3, -0.25) is 4.79 Å². The van der Waals surface area contributed by atoms with Crippen molar-refractivity contribution in [2.45, 2.75) is 51.8 Å². The Hall–Kier alpha value is -1.43. The number of carbonyl (C=O) groups is 1. The van der Waals surface area contributed by atoms with Crippen LogP contribution in [0.15, 0.2) is 30.3 Å². The molecule has 23 heavy (non-hydrogen) atoms. The summed E-state index contributed by atoms with van der Waals surface area (Å²) in [5.41, 5.74) is 0.809. The van der Waals surface area contributed by atoms with Crippen LogP contribution in [0.3, 0.4) is 0 Å². The van der Waals surface area contributed by atoms with Gasteiger partial charge in [-0.1, -0.05) is 44.2 Å². The van der Waals surface area contributed by atoms with Gasteiger partial charge in [-0.2, -0.15) is 0 Å². The van der Waals surface area contributed by atoms with Gasteiger partial charge in [-0.25, -0.2) is 0 Å². The van der Waals surface area contributed by atoms with Gasteiger partial charge in [0.2, 0.25) is 0 Å². The third-order valence-electron chi connectivity index (χ3n) is 4.36. The molecule has 0 aliphatic carbocycles. The molecule has 1 aliphatic heterocycles. The van der Waals surface area contributed by atoms with E-state index in [2.05, 4.69) is 13.8 Å². The van der Waals surface area contributed by atoms with E-state index in [1.807, 2.05) is 30.3 Å². The Morgan fingerprint density at radius 3 is 2.57 bits per heavy atom. The molecule has 1 fully saturated rings. The van der Waals surface area contributed by atoms with Gasteiger partial charge in [0, 0.05) is 18.9 Å². The van der Waals surface area contributed by atoms with E-state index in [0.717, 1.165) is 5.56 Å². The van der Waals surface area contributed by atoms with Crippen LogP contribution in [-0.2, 0) is 30.3 Å². The van der Waals surface area contributed by atoms with Crippen LogP contribution in [0.5, 0.6) is 0 Å². The van der Waals surface area contributed by atoms with Gasteiger partial charge in [0.1, 0.15) is 0 Å². The third-order valence-corrected chi connectivity index (χ3v) is 4.36. The van der Waals surface area contributed by atoms with Crippen LogP contribution in [0.2, 0.25) is 0 Å². The van der Waals surface area contributed by atoms with Crippen molar-refractivity contribution in [3.63, 3.8) is 0 Å². The Morgan fingerprint density at radius 1 is 1.26 bits per heavy atom. The lowest BCUT2D eigenvalue weighted by Crippen LogP contribution is -2.52. The fraction of sp³-hybridized carbons (Fsp3) is 0.611. The van der Waals surface area contributed by atoms with Gasteiger partial charge >= 0.3 is 5.97 Å². The molecule has 128 valence electrons. The van der Waals surface area contributed by atoms with Crippen molar-refractivity contribution < 1.29 is 23.7 Å². The van der Waals surface area contributed by atoms with Crippen molar-refractivity contribution in [2.24, 2.45) is 5.41 Å². The minimum Gasteiger partial charge on any atom is -0.469 e. The summed E-state index contributed by atoms with van der Waals surface area (Å²) in [6.07, 6.45) is 0.0795. The van der Waals surface area contributed by atoms with Crippen molar-refractivity contribution in [3.8, 4) is 0 Å². The molecule has 0 spiro atoms. The molecule has 2 rings (SSSR count). The molecule has 1 aliphatic rings. The van der Waals surface area contributed by atoms with E-state index in [1.165, 1.54) is 7.11 Å². The highest BCUT2D eigenvalue weighted by Crippen LogP contribution is 2.39. The van der Waals surface area contributed by atoms with Gasteiger partial charge in [0.25, 0.3) is 0 Å². The van der Waals surface area contributed by atoms with E-state index in [1.54, 1.807) is 7.11 Å². The average molecular weight is 322 g/mol. The standard InChI is InChI=1S/C18H26O5/c1-18(2)15(22-12-13-8-6-5-7-9-13)10-14(11-16(19)20-3)23-17(18)21-4/h5-9,14-15,17H,10-12H2,1-4H3/t14-,15-,17-/m0/s1. The molecule has 1 heterocycles. The average Bonchev–Trinajstić information content (AvgIpc) is 2.55. The fourth-order valence-electron chi connectivity index (χ4n) is 2.91. The zero-order valence-electron chi connectivity index (χ0n) is 14.3. The van der Waals surface area contributed by atoms with Crippen molar-refractivity contribution in [1.29, 1.82) is 0 Å². The number of ether oxygens (including phenoxy) is 4. The molecule has 0 amide bonds. The van der Waals surface area contributed by atoms with Crippen LogP contribution in [-0.4, -0.2) is 38.7 Å². The quantitative estimate of drug-likeness (QED) is 0.754. The first-order chi connectivity index (χ1) is 11.0. The summed E-state index contributed by atoms with van der Waals surface area (Å²) in [4.78, 5) is 11.5. The Morgan fingerprint density at radius 2 is 1.96 bits per heavy atom. The first kappa shape index (κ1) is 17.9. The summed E-state index contributed by atoms with van der Waals surface area (Å²) in [5, 5.41) is 0. The second kappa shape index (κ2) is 7.90. The van der Waals surface area contributed by atoms with Crippen LogP contribution in [0.1, 0.15) is 32.3 Å². The molecule has 0 unspecified atom stereocenters. The van der Waals surface area contributed by atoms with Gasteiger partial charge in [0.15, 0.2) is 6.29 Å². The largest absolute Gasteiger partial charge is 0.469 e. The van der Waals surface area contributed by atoms with Crippen molar-refractivity contribution in [1.82, 2.24) is 0 Å². The van der Waals surface area contributed by atoms with Gasteiger partial charge in [-0.15, -0.1) is 0 Å². The SMILES string of the molecule is COC(=O)C[C@@H]1C[C@H](OCc2ccccc2)C(C)(C)[C@@H](OC)O1. The van der Waals surface area contributed by atoms with E-state index in [9.17, 15) is 4.79 Å². The smallest absolute Gasteiger partial charge is 0.308 e. The number of methoxy groups -OCH3 is 2. The number of hydrogen-bond donors (Lipinski definition) is 0. The minimum atomic E-state index is -0.424. The maximum absolute atomic E-state index is 11.5. The van der Waals surface area contributed by atoms with E-state index >= 15 is 0 Å². The van der Waals surface area contributed by atoms with Crippen molar-refractivity contribution >= 4 is 5.97 Å². The first-order valence-electron chi connectivity index (χ1n) is 7.88. The molecule has 1 aromatic carbocycles. The van der Waals surface area contributed by atoms with E-state index < -0.39 is 6.29 Å². The number of carbonyl (C=O) groups excluding carboxylic acids is 1. The highest BCUT2D eigenvalue weighted by atomic mass is 16.7. The number of hydrogen-bond acceptors (Lipinski definition) is 5. The summed E-state index contributed by atoms with van der Waals surface area (Å²) in [5.74, 6) is -0.286. The zero-order chi connectivity index (χ0) is 16.9. The normalized spacial score (nSPS) is 26.7. The number of rotatable bonds is 6. The number of esters is 1.